The molecule has 0 spiro atoms. The highest BCUT2D eigenvalue weighted by Crippen LogP contribution is 2.32. The minimum Gasteiger partial charge on any atom is -0.462 e. The van der Waals surface area contributed by atoms with Gasteiger partial charge in [0, 0.05) is 12.8 Å². The van der Waals surface area contributed by atoms with E-state index in [-0.39, 0.29) is 35.7 Å². The second-order valence-corrected chi connectivity index (χ2v) is 6.90. The Morgan fingerprint density at radius 3 is 2.54 bits per heavy atom. The van der Waals surface area contributed by atoms with E-state index in [2.05, 4.69) is 0 Å². The molecule has 2 rings (SSSR count). The third-order valence-corrected chi connectivity index (χ3v) is 5.08. The van der Waals surface area contributed by atoms with Gasteiger partial charge in [-0.15, -0.1) is 0 Å². The van der Waals surface area contributed by atoms with Crippen LogP contribution in [0.2, 0.25) is 10.0 Å². The summed E-state index contributed by atoms with van der Waals surface area (Å²) in [6.07, 6.45) is 5.34. The lowest BCUT2D eigenvalue weighted by atomic mass is 10.0. The second kappa shape index (κ2) is 9.28. The van der Waals surface area contributed by atoms with Crippen molar-refractivity contribution in [3.05, 3.63) is 28.2 Å². The number of ether oxygens (including phenoxy) is 2. The molecule has 0 N–H and O–H groups in total. The highest BCUT2D eigenvalue weighted by atomic mass is 35.5. The highest BCUT2D eigenvalue weighted by Gasteiger charge is 2.24. The van der Waals surface area contributed by atoms with Gasteiger partial charge in [-0.1, -0.05) is 42.1 Å². The molecule has 0 saturated heterocycles. The van der Waals surface area contributed by atoms with Crippen molar-refractivity contribution in [1.82, 2.24) is 0 Å². The van der Waals surface area contributed by atoms with Gasteiger partial charge in [-0.25, -0.2) is 0 Å². The average Bonchev–Trinajstić information content (AvgIpc) is 3.06. The van der Waals surface area contributed by atoms with Gasteiger partial charge in [0.1, 0.15) is 11.1 Å². The number of rotatable bonds is 7. The van der Waals surface area contributed by atoms with E-state index in [1.165, 1.54) is 12.8 Å². The van der Waals surface area contributed by atoms with Gasteiger partial charge in [0.05, 0.1) is 5.02 Å². The third-order valence-electron chi connectivity index (χ3n) is 4.28. The first-order valence-corrected chi connectivity index (χ1v) is 9.07. The summed E-state index contributed by atoms with van der Waals surface area (Å²) in [6.45, 7) is 1.95. The van der Waals surface area contributed by atoms with Gasteiger partial charge in [-0.05, 0) is 44.2 Å². The van der Waals surface area contributed by atoms with Crippen LogP contribution in [0.5, 0.6) is 5.75 Å². The fourth-order valence-electron chi connectivity index (χ4n) is 2.90. The van der Waals surface area contributed by atoms with Crippen LogP contribution in [0.15, 0.2) is 18.2 Å². The van der Waals surface area contributed by atoms with Crippen molar-refractivity contribution in [1.29, 1.82) is 0 Å². The summed E-state index contributed by atoms with van der Waals surface area (Å²) < 4.78 is 10.6. The smallest absolute Gasteiger partial charge is 0.311 e. The molecular weight excluding hydrogens is 351 g/mol. The standard InChI is InChI=1S/C18H22Cl2O4/c1-12(13-6-2-3-7-13)23-16(21)10-5-11-17(22)24-15-9-4-8-14(19)18(15)20/h4,8-9,12-13H,2-3,5-7,10-11H2,1H3. The summed E-state index contributed by atoms with van der Waals surface area (Å²) >= 11 is 11.8. The molecule has 1 aliphatic rings. The van der Waals surface area contributed by atoms with Crippen molar-refractivity contribution in [2.75, 3.05) is 0 Å². The third kappa shape index (κ3) is 5.67. The van der Waals surface area contributed by atoms with Gasteiger partial charge in [0.15, 0.2) is 5.75 Å². The number of hydrogen-bond donors (Lipinski definition) is 0. The fraction of sp³-hybridized carbons (Fsp3) is 0.556. The zero-order chi connectivity index (χ0) is 17.5. The molecular formula is C18H22Cl2O4. The van der Waals surface area contributed by atoms with Gasteiger partial charge in [-0.3, -0.25) is 9.59 Å². The maximum Gasteiger partial charge on any atom is 0.311 e. The van der Waals surface area contributed by atoms with Crippen LogP contribution in [-0.2, 0) is 14.3 Å². The SMILES string of the molecule is CC(OC(=O)CCCC(=O)Oc1cccc(Cl)c1Cl)C1CCCC1. The van der Waals surface area contributed by atoms with Crippen LogP contribution in [0.3, 0.4) is 0 Å². The number of carbonyl (C=O) groups excluding carboxylic acids is 2. The van der Waals surface area contributed by atoms with Crippen molar-refractivity contribution < 1.29 is 19.1 Å². The number of hydrogen-bond acceptors (Lipinski definition) is 4. The van der Waals surface area contributed by atoms with E-state index in [0.717, 1.165) is 12.8 Å². The molecule has 132 valence electrons. The first-order valence-electron chi connectivity index (χ1n) is 8.31. The molecule has 0 amide bonds. The zero-order valence-corrected chi connectivity index (χ0v) is 15.2. The topological polar surface area (TPSA) is 52.6 Å². The Morgan fingerprint density at radius 1 is 1.17 bits per heavy atom. The van der Waals surface area contributed by atoms with Crippen molar-refractivity contribution in [3.63, 3.8) is 0 Å². The van der Waals surface area contributed by atoms with Crippen molar-refractivity contribution in [2.24, 2.45) is 5.92 Å². The number of esters is 2. The Labute approximate surface area is 152 Å². The number of benzene rings is 1. The molecule has 1 unspecified atom stereocenters. The molecule has 1 fully saturated rings. The summed E-state index contributed by atoms with van der Waals surface area (Å²) in [6, 6.07) is 4.84. The molecule has 0 aromatic heterocycles. The van der Waals surface area contributed by atoms with E-state index < -0.39 is 5.97 Å². The Kier molecular flexibility index (Phi) is 7.38. The number of carbonyl (C=O) groups is 2. The molecule has 1 aromatic carbocycles. The van der Waals surface area contributed by atoms with Gasteiger partial charge < -0.3 is 9.47 Å². The first-order chi connectivity index (χ1) is 11.5. The van der Waals surface area contributed by atoms with Crippen LogP contribution in [0.25, 0.3) is 0 Å². The Balaban J connectivity index is 1.68. The molecule has 1 aliphatic carbocycles. The molecule has 24 heavy (non-hydrogen) atoms. The lowest BCUT2D eigenvalue weighted by molar-refractivity contribution is -0.150. The van der Waals surface area contributed by atoms with Gasteiger partial charge >= 0.3 is 11.9 Å². The summed E-state index contributed by atoms with van der Waals surface area (Å²) in [5, 5.41) is 0.531. The van der Waals surface area contributed by atoms with Gasteiger partial charge in [0.2, 0.25) is 0 Å². The maximum absolute atomic E-state index is 11.8. The summed E-state index contributed by atoms with van der Waals surface area (Å²) in [7, 11) is 0. The molecule has 0 radical (unpaired) electrons. The summed E-state index contributed by atoms with van der Waals surface area (Å²) in [5.74, 6) is -0.00530. The Bertz CT molecular complexity index is 582. The summed E-state index contributed by atoms with van der Waals surface area (Å²) in [4.78, 5) is 23.6. The molecule has 0 bridgehead atoms. The predicted octanol–water partition coefficient (Wildman–Crippen LogP) is 5.19. The van der Waals surface area contributed by atoms with Crippen molar-refractivity contribution in [3.8, 4) is 5.75 Å². The van der Waals surface area contributed by atoms with Gasteiger partial charge in [-0.2, -0.15) is 0 Å². The normalized spacial score (nSPS) is 16.0. The van der Waals surface area contributed by atoms with Crippen LogP contribution in [0.4, 0.5) is 0 Å². The maximum atomic E-state index is 11.8. The molecule has 0 aliphatic heterocycles. The van der Waals surface area contributed by atoms with Crippen LogP contribution in [-0.4, -0.2) is 18.0 Å². The second-order valence-electron chi connectivity index (χ2n) is 6.12. The van der Waals surface area contributed by atoms with Crippen LogP contribution in [0, 0.1) is 5.92 Å². The van der Waals surface area contributed by atoms with E-state index in [0.29, 0.717) is 17.4 Å². The van der Waals surface area contributed by atoms with Crippen LogP contribution >= 0.6 is 23.2 Å². The Hall–Kier alpha value is -1.26. The highest BCUT2D eigenvalue weighted by molar-refractivity contribution is 6.43. The molecule has 0 heterocycles. The van der Waals surface area contributed by atoms with E-state index in [9.17, 15) is 9.59 Å². The molecule has 1 aromatic rings. The zero-order valence-electron chi connectivity index (χ0n) is 13.7. The van der Waals surface area contributed by atoms with Crippen molar-refractivity contribution in [2.45, 2.75) is 58.0 Å². The number of halogens is 2. The molecule has 1 saturated carbocycles. The first kappa shape index (κ1) is 19.1. The largest absolute Gasteiger partial charge is 0.462 e. The fourth-order valence-corrected chi connectivity index (χ4v) is 3.23. The van der Waals surface area contributed by atoms with Crippen molar-refractivity contribution >= 4 is 35.1 Å². The average molecular weight is 373 g/mol. The van der Waals surface area contributed by atoms with E-state index in [1.54, 1.807) is 18.2 Å². The minimum absolute atomic E-state index is 0.0442. The monoisotopic (exact) mass is 372 g/mol. The van der Waals surface area contributed by atoms with Crippen LogP contribution in [0.1, 0.15) is 51.9 Å². The minimum atomic E-state index is -0.448. The quantitative estimate of drug-likeness (QED) is 0.488. The summed E-state index contributed by atoms with van der Waals surface area (Å²) in [5.41, 5.74) is 0. The molecule has 1 atom stereocenters. The lowest BCUT2D eigenvalue weighted by Crippen LogP contribution is -2.22. The van der Waals surface area contributed by atoms with E-state index in [4.69, 9.17) is 32.7 Å². The predicted molar refractivity (Wildman–Crippen MR) is 93.5 cm³/mol. The lowest BCUT2D eigenvalue weighted by Gasteiger charge is -2.19. The molecule has 6 heteroatoms. The molecule has 4 nitrogen and oxygen atoms in total. The van der Waals surface area contributed by atoms with E-state index >= 15 is 0 Å². The van der Waals surface area contributed by atoms with E-state index in [1.807, 2.05) is 6.92 Å². The van der Waals surface area contributed by atoms with Gasteiger partial charge in [0.25, 0.3) is 0 Å². The Morgan fingerprint density at radius 2 is 1.83 bits per heavy atom. The van der Waals surface area contributed by atoms with Crippen LogP contribution < -0.4 is 4.74 Å².